The van der Waals surface area contributed by atoms with Gasteiger partial charge in [-0.25, -0.2) is 4.39 Å². The van der Waals surface area contributed by atoms with Gasteiger partial charge >= 0.3 is 0 Å². The maximum absolute atomic E-state index is 12.8. The number of carbonyl (C=O) groups is 1. The van der Waals surface area contributed by atoms with Crippen LogP contribution in [0.1, 0.15) is 28.9 Å². The van der Waals surface area contributed by atoms with Gasteiger partial charge in [-0.2, -0.15) is 0 Å². The van der Waals surface area contributed by atoms with Crippen molar-refractivity contribution in [3.63, 3.8) is 0 Å². The van der Waals surface area contributed by atoms with Gasteiger partial charge < -0.3 is 10.6 Å². The number of anilines is 1. The van der Waals surface area contributed by atoms with Gasteiger partial charge in [0.25, 0.3) is 5.91 Å². The second-order valence-electron chi connectivity index (χ2n) is 5.35. The third kappa shape index (κ3) is 4.00. The van der Waals surface area contributed by atoms with E-state index in [-0.39, 0.29) is 11.7 Å². The van der Waals surface area contributed by atoms with Crippen LogP contribution >= 0.6 is 0 Å². The summed E-state index contributed by atoms with van der Waals surface area (Å²) in [4.78, 5) is 11.9. The molecule has 0 aliphatic heterocycles. The Morgan fingerprint density at radius 1 is 1.14 bits per heavy atom. The summed E-state index contributed by atoms with van der Waals surface area (Å²) >= 11 is 0. The maximum atomic E-state index is 12.8. The Bertz CT molecular complexity index is 638. The van der Waals surface area contributed by atoms with Crippen LogP contribution < -0.4 is 10.6 Å². The molecule has 114 valence electrons. The first kappa shape index (κ1) is 14.4. The Labute approximate surface area is 128 Å². The molecule has 1 aromatic heterocycles. The molecular formula is C16H17FN4O. The van der Waals surface area contributed by atoms with Crippen molar-refractivity contribution in [3.05, 3.63) is 53.5 Å². The number of carbonyl (C=O) groups excluding carboxylic acids is 1. The predicted octanol–water partition coefficient (Wildman–Crippen LogP) is 2.16. The normalized spacial score (nSPS) is 13.7. The highest BCUT2D eigenvalue weighted by Gasteiger charge is 2.21. The molecule has 1 aliphatic carbocycles. The van der Waals surface area contributed by atoms with Crippen LogP contribution in [0.5, 0.6) is 0 Å². The summed E-state index contributed by atoms with van der Waals surface area (Å²) in [5.74, 6) is 0.181. The maximum Gasteiger partial charge on any atom is 0.271 e. The van der Waals surface area contributed by atoms with Gasteiger partial charge in [-0.1, -0.05) is 12.1 Å². The standard InChI is InChI=1S/C16H17FN4O/c17-12-3-1-11(2-4-12)9-10-18-16(22)14-7-8-15(21-20-14)19-13-5-6-13/h1-4,7-8,13H,5-6,9-10H2,(H,18,22)(H,19,21). The van der Waals surface area contributed by atoms with E-state index < -0.39 is 0 Å². The monoisotopic (exact) mass is 300 g/mol. The summed E-state index contributed by atoms with van der Waals surface area (Å²) < 4.78 is 12.8. The van der Waals surface area contributed by atoms with E-state index >= 15 is 0 Å². The van der Waals surface area contributed by atoms with Crippen LogP contribution in [0.4, 0.5) is 10.2 Å². The number of nitrogens with one attached hydrogen (secondary N) is 2. The number of halogens is 1. The number of aromatic nitrogens is 2. The molecule has 1 amide bonds. The van der Waals surface area contributed by atoms with E-state index in [9.17, 15) is 9.18 Å². The zero-order valence-corrected chi connectivity index (χ0v) is 12.1. The number of rotatable bonds is 6. The summed E-state index contributed by atoms with van der Waals surface area (Å²) in [6.07, 6.45) is 2.96. The minimum atomic E-state index is -0.261. The highest BCUT2D eigenvalue weighted by molar-refractivity contribution is 5.92. The van der Waals surface area contributed by atoms with Gasteiger partial charge in [0, 0.05) is 12.6 Å². The summed E-state index contributed by atoms with van der Waals surface area (Å²) in [5, 5.41) is 13.9. The first-order valence-electron chi connectivity index (χ1n) is 7.33. The summed E-state index contributed by atoms with van der Waals surface area (Å²) in [6.45, 7) is 0.466. The van der Waals surface area contributed by atoms with Crippen LogP contribution in [0, 0.1) is 5.82 Å². The summed E-state index contributed by atoms with van der Waals surface area (Å²) in [6, 6.07) is 10.2. The van der Waals surface area contributed by atoms with Crippen molar-refractivity contribution in [2.24, 2.45) is 0 Å². The quantitative estimate of drug-likeness (QED) is 0.858. The summed E-state index contributed by atoms with van der Waals surface area (Å²) in [5.41, 5.74) is 1.26. The van der Waals surface area contributed by atoms with Gasteiger partial charge in [0.1, 0.15) is 11.6 Å². The molecule has 6 heteroatoms. The van der Waals surface area contributed by atoms with Gasteiger partial charge in [0.05, 0.1) is 0 Å². The van der Waals surface area contributed by atoms with Gasteiger partial charge in [0.2, 0.25) is 0 Å². The van der Waals surface area contributed by atoms with Crippen molar-refractivity contribution in [2.45, 2.75) is 25.3 Å². The summed E-state index contributed by atoms with van der Waals surface area (Å²) in [7, 11) is 0. The zero-order valence-electron chi connectivity index (χ0n) is 12.1. The highest BCUT2D eigenvalue weighted by Crippen LogP contribution is 2.23. The lowest BCUT2D eigenvalue weighted by Crippen LogP contribution is -2.26. The lowest BCUT2D eigenvalue weighted by Gasteiger charge is -2.06. The van der Waals surface area contributed by atoms with Gasteiger partial charge in [0.15, 0.2) is 5.69 Å². The molecule has 0 unspecified atom stereocenters. The fraction of sp³-hybridized carbons (Fsp3) is 0.312. The van der Waals surface area contributed by atoms with Crippen molar-refractivity contribution in [3.8, 4) is 0 Å². The number of amides is 1. The van der Waals surface area contributed by atoms with Gasteiger partial charge in [-0.05, 0) is 49.1 Å². The Kier molecular flexibility index (Phi) is 4.27. The minimum Gasteiger partial charge on any atom is -0.366 e. The third-order valence-corrected chi connectivity index (χ3v) is 3.44. The lowest BCUT2D eigenvalue weighted by molar-refractivity contribution is 0.0948. The molecule has 1 fully saturated rings. The van der Waals surface area contributed by atoms with Crippen LogP contribution in [0.2, 0.25) is 0 Å². The van der Waals surface area contributed by atoms with Crippen molar-refractivity contribution in [2.75, 3.05) is 11.9 Å². The van der Waals surface area contributed by atoms with Crippen molar-refractivity contribution >= 4 is 11.7 Å². The van der Waals surface area contributed by atoms with Gasteiger partial charge in [-0.15, -0.1) is 10.2 Å². The Balaban J connectivity index is 1.47. The lowest BCUT2D eigenvalue weighted by atomic mass is 10.1. The molecule has 0 saturated heterocycles. The fourth-order valence-corrected chi connectivity index (χ4v) is 2.03. The molecule has 0 spiro atoms. The van der Waals surface area contributed by atoms with E-state index in [1.54, 1.807) is 24.3 Å². The number of nitrogens with zero attached hydrogens (tertiary/aromatic N) is 2. The molecule has 0 radical (unpaired) electrons. The zero-order chi connectivity index (χ0) is 15.4. The minimum absolute atomic E-state index is 0.257. The third-order valence-electron chi connectivity index (χ3n) is 3.44. The topological polar surface area (TPSA) is 66.9 Å². The second kappa shape index (κ2) is 6.51. The molecule has 1 saturated carbocycles. The Hall–Kier alpha value is -2.50. The highest BCUT2D eigenvalue weighted by atomic mass is 19.1. The van der Waals surface area contributed by atoms with Crippen LogP contribution in [-0.2, 0) is 6.42 Å². The average molecular weight is 300 g/mol. The van der Waals surface area contributed by atoms with E-state index in [2.05, 4.69) is 20.8 Å². The average Bonchev–Trinajstić information content (AvgIpc) is 3.34. The largest absolute Gasteiger partial charge is 0.366 e. The SMILES string of the molecule is O=C(NCCc1ccc(F)cc1)c1ccc(NC2CC2)nn1. The van der Waals surface area contributed by atoms with E-state index in [0.29, 0.717) is 30.5 Å². The second-order valence-corrected chi connectivity index (χ2v) is 5.35. The van der Waals surface area contributed by atoms with Crippen molar-refractivity contribution < 1.29 is 9.18 Å². The molecule has 1 heterocycles. The van der Waals surface area contributed by atoms with Crippen LogP contribution in [0.25, 0.3) is 0 Å². The Morgan fingerprint density at radius 2 is 1.91 bits per heavy atom. The van der Waals surface area contributed by atoms with Crippen LogP contribution in [0.3, 0.4) is 0 Å². The smallest absolute Gasteiger partial charge is 0.271 e. The van der Waals surface area contributed by atoms with Crippen molar-refractivity contribution in [1.29, 1.82) is 0 Å². The van der Waals surface area contributed by atoms with Gasteiger partial charge in [-0.3, -0.25) is 4.79 Å². The predicted molar refractivity (Wildman–Crippen MR) is 81.1 cm³/mol. The molecule has 2 N–H and O–H groups in total. The first-order valence-corrected chi connectivity index (χ1v) is 7.33. The molecule has 0 bridgehead atoms. The fourth-order valence-electron chi connectivity index (χ4n) is 2.03. The molecule has 2 aromatic rings. The molecule has 1 aromatic carbocycles. The van der Waals surface area contributed by atoms with E-state index in [1.807, 2.05) is 0 Å². The molecular weight excluding hydrogens is 283 g/mol. The number of benzene rings is 1. The molecule has 22 heavy (non-hydrogen) atoms. The molecule has 1 aliphatic rings. The van der Waals surface area contributed by atoms with Crippen molar-refractivity contribution in [1.82, 2.24) is 15.5 Å². The molecule has 3 rings (SSSR count). The molecule has 0 atom stereocenters. The van der Waals surface area contributed by atoms with Crippen LogP contribution in [-0.4, -0.2) is 28.7 Å². The first-order chi connectivity index (χ1) is 10.7. The van der Waals surface area contributed by atoms with E-state index in [0.717, 1.165) is 18.4 Å². The number of hydrogen-bond acceptors (Lipinski definition) is 4. The van der Waals surface area contributed by atoms with Crippen LogP contribution in [0.15, 0.2) is 36.4 Å². The van der Waals surface area contributed by atoms with E-state index in [4.69, 9.17) is 0 Å². The van der Waals surface area contributed by atoms with E-state index in [1.165, 1.54) is 12.1 Å². The Morgan fingerprint density at radius 3 is 2.55 bits per heavy atom. The molecule has 5 nitrogen and oxygen atoms in total. The number of hydrogen-bond donors (Lipinski definition) is 2.